The van der Waals surface area contributed by atoms with Gasteiger partial charge < -0.3 is 9.84 Å². The van der Waals surface area contributed by atoms with E-state index in [-0.39, 0.29) is 23.4 Å². The summed E-state index contributed by atoms with van der Waals surface area (Å²) in [6.07, 6.45) is 0.126. The highest BCUT2D eigenvalue weighted by Gasteiger charge is 2.32. The summed E-state index contributed by atoms with van der Waals surface area (Å²) in [5, 5.41) is 20.2. The Morgan fingerprint density at radius 2 is 1.80 bits per heavy atom. The molecule has 11 heteroatoms. The van der Waals surface area contributed by atoms with E-state index in [9.17, 15) is 28.0 Å². The number of aromatic hydroxyl groups is 1. The van der Waals surface area contributed by atoms with Gasteiger partial charge in [-0.25, -0.2) is 13.4 Å². The smallest absolute Gasteiger partial charge is 0.277 e. The molecule has 0 fully saturated rings. The molecule has 4 aromatic rings. The third-order valence-corrected chi connectivity index (χ3v) is 8.36. The number of pyridine rings is 1. The van der Waals surface area contributed by atoms with Gasteiger partial charge in [0.05, 0.1) is 28.7 Å². The third-order valence-electron chi connectivity index (χ3n) is 6.57. The Kier molecular flexibility index (Phi) is 8.66. The summed E-state index contributed by atoms with van der Waals surface area (Å²) >= 11 is 0. The fourth-order valence-electron chi connectivity index (χ4n) is 4.60. The zero-order valence-corrected chi connectivity index (χ0v) is 23.8. The van der Waals surface area contributed by atoms with Crippen molar-refractivity contribution in [2.45, 2.75) is 62.7 Å². The first kappa shape index (κ1) is 29.6. The molecule has 0 saturated carbocycles. The maximum atomic E-state index is 14.0. The second-order valence-corrected chi connectivity index (χ2v) is 11.6. The van der Waals surface area contributed by atoms with Gasteiger partial charge in [0.25, 0.3) is 5.56 Å². The molecule has 2 heterocycles. The molecule has 0 spiro atoms. The predicted octanol–water partition coefficient (Wildman–Crippen LogP) is 5.09. The van der Waals surface area contributed by atoms with Gasteiger partial charge in [-0.2, -0.15) is 14.6 Å². The van der Waals surface area contributed by atoms with Crippen molar-refractivity contribution in [3.8, 4) is 23.1 Å². The summed E-state index contributed by atoms with van der Waals surface area (Å²) < 4.78 is 47.9. The fraction of sp³-hybridized carbons (Fsp3) is 0.267. The summed E-state index contributed by atoms with van der Waals surface area (Å²) in [4.78, 5) is 20.8. The largest absolute Gasteiger partial charge is 0.492 e. The van der Waals surface area contributed by atoms with Crippen LogP contribution in [0.4, 0.5) is 4.39 Å². The Bertz CT molecular complexity index is 1800. The van der Waals surface area contributed by atoms with Gasteiger partial charge in [-0.3, -0.25) is 9.36 Å². The first-order valence-electron chi connectivity index (χ1n) is 12.9. The summed E-state index contributed by atoms with van der Waals surface area (Å²) in [6, 6.07) is 16.4. The van der Waals surface area contributed by atoms with Crippen LogP contribution in [0.5, 0.6) is 5.88 Å². The number of aromatic nitrogens is 3. The molecule has 0 aliphatic carbocycles. The first-order chi connectivity index (χ1) is 19.5. The molecule has 0 unspecified atom stereocenters. The van der Waals surface area contributed by atoms with Crippen molar-refractivity contribution in [3.05, 3.63) is 99.6 Å². The Balaban J connectivity index is 1.87. The zero-order chi connectivity index (χ0) is 29.9. The molecule has 0 aliphatic rings. The molecule has 1 N–H and O–H groups in total. The molecule has 4 rings (SSSR count). The minimum absolute atomic E-state index is 0.0454. The Morgan fingerprint density at radius 3 is 2.41 bits per heavy atom. The molecule has 2 aromatic heterocycles. The minimum Gasteiger partial charge on any atom is -0.492 e. The molecule has 41 heavy (non-hydrogen) atoms. The number of hydrogen-bond donors (Lipinski definition) is 1. The Morgan fingerprint density at radius 1 is 1.10 bits per heavy atom. The van der Waals surface area contributed by atoms with Crippen molar-refractivity contribution in [3.63, 3.8) is 0 Å². The van der Waals surface area contributed by atoms with Crippen LogP contribution in [0.2, 0.25) is 0 Å². The lowest BCUT2D eigenvalue weighted by molar-refractivity contribution is 0.0573. The van der Waals surface area contributed by atoms with Crippen molar-refractivity contribution >= 4 is 9.84 Å². The Hall–Kier alpha value is -4.40. The highest BCUT2D eigenvalue weighted by atomic mass is 32.2. The van der Waals surface area contributed by atoms with E-state index in [0.29, 0.717) is 34.4 Å². The highest BCUT2D eigenvalue weighted by molar-refractivity contribution is 7.91. The second kappa shape index (κ2) is 12.0. The van der Waals surface area contributed by atoms with Crippen molar-refractivity contribution in [2.75, 3.05) is 0 Å². The number of nitrogens with zero attached hydrogens (tertiary/aromatic N) is 4. The molecule has 1 atom stereocenters. The van der Waals surface area contributed by atoms with Gasteiger partial charge in [0.2, 0.25) is 21.7 Å². The standard InChI is InChI=1S/C30H29FN4O5S/c1-5-25(22-8-6-7-20(15-22)16-32)35-27(17-40-18(2)3)34-29(36)28(30(35)37)41(38,39)23-11-9-21(10-12-23)24-13-14-26(31)33-19(24)4/h6-15,18,25,36H,5,17H2,1-4H3/t25-/m0/s1. The molecule has 0 bridgehead atoms. The number of ether oxygens (including phenoxy) is 1. The van der Waals surface area contributed by atoms with Crippen LogP contribution in [0.15, 0.2) is 75.2 Å². The molecule has 2 aromatic carbocycles. The second-order valence-electron chi connectivity index (χ2n) is 9.67. The molecule has 0 amide bonds. The normalized spacial score (nSPS) is 12.3. The van der Waals surface area contributed by atoms with E-state index in [1.807, 2.05) is 6.92 Å². The average Bonchev–Trinajstić information content (AvgIpc) is 2.93. The minimum atomic E-state index is -4.54. The predicted molar refractivity (Wildman–Crippen MR) is 149 cm³/mol. The first-order valence-corrected chi connectivity index (χ1v) is 14.4. The zero-order valence-electron chi connectivity index (χ0n) is 23.0. The van der Waals surface area contributed by atoms with Gasteiger partial charge in [0.15, 0.2) is 4.90 Å². The van der Waals surface area contributed by atoms with Crippen LogP contribution in [0.1, 0.15) is 55.9 Å². The molecular weight excluding hydrogens is 547 g/mol. The summed E-state index contributed by atoms with van der Waals surface area (Å²) in [5.74, 6) is -1.52. The van der Waals surface area contributed by atoms with Gasteiger partial charge in [-0.05, 0) is 74.7 Å². The van der Waals surface area contributed by atoms with Crippen molar-refractivity contribution in [1.29, 1.82) is 5.26 Å². The van der Waals surface area contributed by atoms with E-state index in [4.69, 9.17) is 4.74 Å². The number of hydrogen-bond acceptors (Lipinski definition) is 8. The summed E-state index contributed by atoms with van der Waals surface area (Å²) in [6.45, 7) is 6.88. The van der Waals surface area contributed by atoms with Gasteiger partial charge in [-0.15, -0.1) is 0 Å². The number of aryl methyl sites for hydroxylation is 1. The van der Waals surface area contributed by atoms with E-state index in [1.165, 1.54) is 34.9 Å². The third kappa shape index (κ3) is 6.04. The van der Waals surface area contributed by atoms with Crippen LogP contribution < -0.4 is 5.56 Å². The number of rotatable bonds is 9. The maximum absolute atomic E-state index is 14.0. The molecular formula is C30H29FN4O5S. The van der Waals surface area contributed by atoms with E-state index < -0.39 is 38.2 Å². The van der Waals surface area contributed by atoms with E-state index in [2.05, 4.69) is 16.0 Å². The van der Waals surface area contributed by atoms with Gasteiger partial charge in [0.1, 0.15) is 12.4 Å². The van der Waals surface area contributed by atoms with Crippen LogP contribution in [0, 0.1) is 24.2 Å². The maximum Gasteiger partial charge on any atom is 0.277 e. The number of sulfone groups is 1. The van der Waals surface area contributed by atoms with E-state index in [1.54, 1.807) is 51.1 Å². The molecule has 9 nitrogen and oxygen atoms in total. The number of halogens is 1. The fourth-order valence-corrected chi connectivity index (χ4v) is 5.94. The number of benzene rings is 2. The summed E-state index contributed by atoms with van der Waals surface area (Å²) in [5.41, 5.74) is 1.65. The van der Waals surface area contributed by atoms with E-state index >= 15 is 0 Å². The van der Waals surface area contributed by atoms with Crippen LogP contribution >= 0.6 is 0 Å². The van der Waals surface area contributed by atoms with Crippen molar-refractivity contribution in [2.24, 2.45) is 0 Å². The molecule has 212 valence electrons. The molecule has 0 aliphatic heterocycles. The SMILES string of the molecule is CC[C@@H](c1cccc(C#N)c1)n1c(COC(C)C)nc(O)c(S(=O)(=O)c2ccc(-c3ccc(F)nc3C)cc2)c1=O. The van der Waals surface area contributed by atoms with Crippen LogP contribution in [0.25, 0.3) is 11.1 Å². The molecule has 0 saturated heterocycles. The number of nitriles is 1. The van der Waals surface area contributed by atoms with Crippen LogP contribution in [-0.2, 0) is 21.2 Å². The van der Waals surface area contributed by atoms with Crippen LogP contribution in [0.3, 0.4) is 0 Å². The molecule has 0 radical (unpaired) electrons. The average molecular weight is 577 g/mol. The Labute approximate surface area is 237 Å². The monoisotopic (exact) mass is 576 g/mol. The van der Waals surface area contributed by atoms with Gasteiger partial charge in [0, 0.05) is 11.3 Å². The van der Waals surface area contributed by atoms with Crippen LogP contribution in [-0.4, -0.2) is 34.2 Å². The lowest BCUT2D eigenvalue weighted by Crippen LogP contribution is -2.34. The van der Waals surface area contributed by atoms with Gasteiger partial charge in [-0.1, -0.05) is 31.2 Å². The van der Waals surface area contributed by atoms with Crippen molar-refractivity contribution < 1.29 is 22.7 Å². The van der Waals surface area contributed by atoms with Crippen molar-refractivity contribution in [1.82, 2.24) is 14.5 Å². The van der Waals surface area contributed by atoms with Gasteiger partial charge >= 0.3 is 0 Å². The van der Waals surface area contributed by atoms with E-state index in [0.717, 1.165) is 0 Å². The lowest BCUT2D eigenvalue weighted by atomic mass is 10.0. The highest BCUT2D eigenvalue weighted by Crippen LogP contribution is 2.30. The topological polar surface area (TPSA) is 135 Å². The summed E-state index contributed by atoms with van der Waals surface area (Å²) in [7, 11) is -4.54. The lowest BCUT2D eigenvalue weighted by Gasteiger charge is -2.24. The quantitative estimate of drug-likeness (QED) is 0.272.